The molecule has 0 atom stereocenters. The molecule has 2 aromatic carbocycles. The predicted molar refractivity (Wildman–Crippen MR) is 86.1 cm³/mol. The zero-order valence-electron chi connectivity index (χ0n) is 12.7. The van der Waals surface area contributed by atoms with Gasteiger partial charge >= 0.3 is 5.97 Å². The summed E-state index contributed by atoms with van der Waals surface area (Å²) in [5.41, 5.74) is 2.95. The van der Waals surface area contributed by atoms with Gasteiger partial charge in [0, 0.05) is 5.56 Å². The predicted octanol–water partition coefficient (Wildman–Crippen LogP) is 3.44. The SMILES string of the molecule is COC(=O)c1cc(-c2cccc(OCc3ccccc3)c2)n[nH]1. The maximum absolute atomic E-state index is 11.5. The van der Waals surface area contributed by atoms with Gasteiger partial charge < -0.3 is 9.47 Å². The number of methoxy groups -OCH3 is 1. The zero-order chi connectivity index (χ0) is 16.1. The summed E-state index contributed by atoms with van der Waals surface area (Å²) in [4.78, 5) is 11.5. The van der Waals surface area contributed by atoms with E-state index in [1.54, 1.807) is 6.07 Å². The highest BCUT2D eigenvalue weighted by atomic mass is 16.5. The van der Waals surface area contributed by atoms with E-state index >= 15 is 0 Å². The highest BCUT2D eigenvalue weighted by Gasteiger charge is 2.11. The number of carbonyl (C=O) groups is 1. The number of esters is 1. The lowest BCUT2D eigenvalue weighted by molar-refractivity contribution is 0.0594. The molecule has 0 aliphatic rings. The first kappa shape index (κ1) is 14.8. The van der Waals surface area contributed by atoms with Gasteiger partial charge in [0.25, 0.3) is 0 Å². The van der Waals surface area contributed by atoms with Crippen LogP contribution in [0.25, 0.3) is 11.3 Å². The number of rotatable bonds is 5. The Morgan fingerprint density at radius 3 is 2.70 bits per heavy atom. The molecule has 1 heterocycles. The molecule has 0 radical (unpaired) electrons. The minimum Gasteiger partial charge on any atom is -0.489 e. The summed E-state index contributed by atoms with van der Waals surface area (Å²) < 4.78 is 10.5. The van der Waals surface area contributed by atoms with Crippen LogP contribution in [0.3, 0.4) is 0 Å². The fourth-order valence-corrected chi connectivity index (χ4v) is 2.17. The van der Waals surface area contributed by atoms with E-state index in [0.29, 0.717) is 18.0 Å². The van der Waals surface area contributed by atoms with E-state index in [9.17, 15) is 4.79 Å². The van der Waals surface area contributed by atoms with E-state index in [2.05, 4.69) is 14.9 Å². The van der Waals surface area contributed by atoms with Gasteiger partial charge in [0.1, 0.15) is 18.1 Å². The molecule has 0 saturated carbocycles. The van der Waals surface area contributed by atoms with Crippen molar-refractivity contribution in [3.8, 4) is 17.0 Å². The molecule has 3 aromatic rings. The Morgan fingerprint density at radius 2 is 1.91 bits per heavy atom. The van der Waals surface area contributed by atoms with E-state index in [1.807, 2.05) is 54.6 Å². The Bertz CT molecular complexity index is 797. The van der Waals surface area contributed by atoms with Crippen LogP contribution in [0.1, 0.15) is 16.1 Å². The van der Waals surface area contributed by atoms with Crippen LogP contribution in [0.4, 0.5) is 0 Å². The van der Waals surface area contributed by atoms with Crippen LogP contribution in [0, 0.1) is 0 Å². The van der Waals surface area contributed by atoms with Crippen molar-refractivity contribution in [2.45, 2.75) is 6.61 Å². The van der Waals surface area contributed by atoms with E-state index in [0.717, 1.165) is 16.9 Å². The summed E-state index contributed by atoms with van der Waals surface area (Å²) in [6, 6.07) is 19.2. The third kappa shape index (κ3) is 3.58. The van der Waals surface area contributed by atoms with Gasteiger partial charge in [-0.3, -0.25) is 5.10 Å². The summed E-state index contributed by atoms with van der Waals surface area (Å²) in [6.45, 7) is 0.498. The van der Waals surface area contributed by atoms with Gasteiger partial charge in [-0.25, -0.2) is 4.79 Å². The fraction of sp³-hybridized carbons (Fsp3) is 0.111. The second-order valence-corrected chi connectivity index (χ2v) is 4.96. The molecule has 116 valence electrons. The lowest BCUT2D eigenvalue weighted by Crippen LogP contribution is -2.00. The van der Waals surface area contributed by atoms with Crippen molar-refractivity contribution in [1.29, 1.82) is 0 Å². The van der Waals surface area contributed by atoms with Gasteiger partial charge in [0.15, 0.2) is 0 Å². The van der Waals surface area contributed by atoms with Crippen molar-refractivity contribution >= 4 is 5.97 Å². The standard InChI is InChI=1S/C18H16N2O3/c1-22-18(21)17-11-16(19-20-17)14-8-5-9-15(10-14)23-12-13-6-3-2-4-7-13/h2-11H,12H2,1H3,(H,19,20). The van der Waals surface area contributed by atoms with Crippen LogP contribution in [-0.2, 0) is 11.3 Å². The third-order valence-corrected chi connectivity index (χ3v) is 3.36. The Balaban J connectivity index is 1.74. The molecule has 5 nitrogen and oxygen atoms in total. The molecule has 0 bridgehead atoms. The minimum atomic E-state index is -0.444. The number of ether oxygens (including phenoxy) is 2. The highest BCUT2D eigenvalue weighted by molar-refractivity contribution is 5.88. The number of hydrogen-bond acceptors (Lipinski definition) is 4. The normalized spacial score (nSPS) is 10.3. The molecule has 0 aliphatic carbocycles. The van der Waals surface area contributed by atoms with Crippen molar-refractivity contribution in [2.75, 3.05) is 7.11 Å². The first-order chi connectivity index (χ1) is 11.3. The zero-order valence-corrected chi connectivity index (χ0v) is 12.7. The molecule has 0 unspecified atom stereocenters. The Hall–Kier alpha value is -3.08. The van der Waals surface area contributed by atoms with Crippen LogP contribution < -0.4 is 4.74 Å². The second kappa shape index (κ2) is 6.79. The van der Waals surface area contributed by atoms with E-state index in [4.69, 9.17) is 4.74 Å². The molecule has 0 saturated heterocycles. The van der Waals surface area contributed by atoms with Gasteiger partial charge in [0.2, 0.25) is 0 Å². The lowest BCUT2D eigenvalue weighted by Gasteiger charge is -2.07. The molecule has 0 aliphatic heterocycles. The van der Waals surface area contributed by atoms with Gasteiger partial charge in [0.05, 0.1) is 12.8 Å². The van der Waals surface area contributed by atoms with Crippen LogP contribution >= 0.6 is 0 Å². The van der Waals surface area contributed by atoms with Crippen molar-refractivity contribution in [3.05, 3.63) is 71.9 Å². The quantitative estimate of drug-likeness (QED) is 0.733. The summed E-state index contributed by atoms with van der Waals surface area (Å²) >= 11 is 0. The van der Waals surface area contributed by atoms with E-state index in [-0.39, 0.29) is 0 Å². The van der Waals surface area contributed by atoms with Crippen LogP contribution in [0.5, 0.6) is 5.75 Å². The first-order valence-electron chi connectivity index (χ1n) is 7.17. The van der Waals surface area contributed by atoms with Crippen molar-refractivity contribution in [1.82, 2.24) is 10.2 Å². The topological polar surface area (TPSA) is 64.2 Å². The number of carbonyl (C=O) groups excluding carboxylic acids is 1. The summed E-state index contributed by atoms with van der Waals surface area (Å²) in [5, 5.41) is 6.80. The lowest BCUT2D eigenvalue weighted by atomic mass is 10.1. The van der Waals surface area contributed by atoms with E-state index < -0.39 is 5.97 Å². The fourth-order valence-electron chi connectivity index (χ4n) is 2.17. The van der Waals surface area contributed by atoms with Crippen molar-refractivity contribution in [2.24, 2.45) is 0 Å². The highest BCUT2D eigenvalue weighted by Crippen LogP contribution is 2.23. The summed E-state index contributed by atoms with van der Waals surface area (Å²) in [7, 11) is 1.33. The average Bonchev–Trinajstić information content (AvgIpc) is 3.11. The molecule has 1 N–H and O–H groups in total. The Labute approximate surface area is 133 Å². The van der Waals surface area contributed by atoms with E-state index in [1.165, 1.54) is 7.11 Å². The van der Waals surface area contributed by atoms with Crippen LogP contribution in [0.15, 0.2) is 60.7 Å². The molecule has 0 fully saturated rings. The molecule has 5 heteroatoms. The number of H-pyrrole nitrogens is 1. The first-order valence-corrected chi connectivity index (χ1v) is 7.17. The maximum atomic E-state index is 11.5. The van der Waals surface area contributed by atoms with Crippen LogP contribution in [-0.4, -0.2) is 23.3 Å². The van der Waals surface area contributed by atoms with Crippen molar-refractivity contribution in [3.63, 3.8) is 0 Å². The molecular weight excluding hydrogens is 292 g/mol. The van der Waals surface area contributed by atoms with Gasteiger partial charge in [-0.15, -0.1) is 0 Å². The average molecular weight is 308 g/mol. The molecule has 1 aromatic heterocycles. The second-order valence-electron chi connectivity index (χ2n) is 4.96. The molecule has 0 amide bonds. The van der Waals surface area contributed by atoms with Gasteiger partial charge in [-0.05, 0) is 23.8 Å². The number of nitrogens with zero attached hydrogens (tertiary/aromatic N) is 1. The number of hydrogen-bond donors (Lipinski definition) is 1. The monoisotopic (exact) mass is 308 g/mol. The van der Waals surface area contributed by atoms with Gasteiger partial charge in [-0.1, -0.05) is 42.5 Å². The smallest absolute Gasteiger partial charge is 0.356 e. The Morgan fingerprint density at radius 1 is 1.09 bits per heavy atom. The van der Waals surface area contributed by atoms with Crippen molar-refractivity contribution < 1.29 is 14.3 Å². The number of benzene rings is 2. The minimum absolute atomic E-state index is 0.318. The molecular formula is C18H16N2O3. The number of aromatic nitrogens is 2. The molecule has 3 rings (SSSR count). The number of aromatic amines is 1. The Kier molecular flexibility index (Phi) is 4.38. The summed E-state index contributed by atoms with van der Waals surface area (Å²) in [6.07, 6.45) is 0. The van der Waals surface area contributed by atoms with Crippen LogP contribution in [0.2, 0.25) is 0 Å². The molecule has 0 spiro atoms. The largest absolute Gasteiger partial charge is 0.489 e. The maximum Gasteiger partial charge on any atom is 0.356 e. The third-order valence-electron chi connectivity index (χ3n) is 3.36. The summed E-state index contributed by atoms with van der Waals surface area (Å²) in [5.74, 6) is 0.300. The van der Waals surface area contributed by atoms with Gasteiger partial charge in [-0.2, -0.15) is 5.10 Å². The molecule has 23 heavy (non-hydrogen) atoms. The number of nitrogens with one attached hydrogen (secondary N) is 1.